The smallest absolute Gasteiger partial charge is 0.123 e. The number of ether oxygens (including phenoxy) is 1. The van der Waals surface area contributed by atoms with Crippen molar-refractivity contribution in [2.45, 2.75) is 50.9 Å². The summed E-state index contributed by atoms with van der Waals surface area (Å²) in [5, 5.41) is 0. The minimum atomic E-state index is 0.402. The van der Waals surface area contributed by atoms with Crippen molar-refractivity contribution in [1.29, 1.82) is 0 Å². The second-order valence-corrected chi connectivity index (χ2v) is 7.43. The Morgan fingerprint density at radius 3 is 2.95 bits per heavy atom. The van der Waals surface area contributed by atoms with Crippen LogP contribution < -0.4 is 4.74 Å². The van der Waals surface area contributed by atoms with Crippen LogP contribution in [-0.4, -0.2) is 31.6 Å². The highest BCUT2D eigenvalue weighted by molar-refractivity contribution is 5.51. The minimum absolute atomic E-state index is 0.402. The molecular weight excluding hydrogens is 258 g/mol. The van der Waals surface area contributed by atoms with Crippen LogP contribution in [0.2, 0.25) is 0 Å². The van der Waals surface area contributed by atoms with Crippen LogP contribution >= 0.6 is 0 Å². The van der Waals surface area contributed by atoms with E-state index in [4.69, 9.17) is 4.74 Å². The van der Waals surface area contributed by atoms with Gasteiger partial charge in [-0.3, -0.25) is 0 Å². The monoisotopic (exact) mass is 285 g/mol. The van der Waals surface area contributed by atoms with Crippen molar-refractivity contribution in [3.8, 4) is 5.75 Å². The molecule has 2 fully saturated rings. The van der Waals surface area contributed by atoms with E-state index >= 15 is 0 Å². The van der Waals surface area contributed by atoms with Crippen LogP contribution in [0.25, 0.3) is 0 Å². The van der Waals surface area contributed by atoms with E-state index in [9.17, 15) is 0 Å². The lowest BCUT2D eigenvalue weighted by molar-refractivity contribution is 0.0174. The molecular formula is C19H27NO. The van der Waals surface area contributed by atoms with Crippen LogP contribution in [0, 0.1) is 5.41 Å². The summed E-state index contributed by atoms with van der Waals surface area (Å²) >= 11 is 0. The van der Waals surface area contributed by atoms with Gasteiger partial charge >= 0.3 is 0 Å². The lowest BCUT2D eigenvalue weighted by atomic mass is 9.52. The molecule has 0 radical (unpaired) electrons. The van der Waals surface area contributed by atoms with Crippen LogP contribution in [0.3, 0.4) is 0 Å². The lowest BCUT2D eigenvalue weighted by Gasteiger charge is -2.56. The van der Waals surface area contributed by atoms with Crippen LogP contribution in [0.15, 0.2) is 18.2 Å². The molecule has 1 heterocycles. The highest BCUT2D eigenvalue weighted by Crippen LogP contribution is 2.65. The van der Waals surface area contributed by atoms with Crippen molar-refractivity contribution in [2.75, 3.05) is 26.7 Å². The zero-order valence-corrected chi connectivity index (χ0v) is 13.5. The van der Waals surface area contributed by atoms with Gasteiger partial charge in [-0.25, -0.2) is 0 Å². The molecule has 3 aliphatic rings. The second kappa shape index (κ2) is 4.74. The quantitative estimate of drug-likeness (QED) is 0.820. The van der Waals surface area contributed by atoms with Crippen molar-refractivity contribution in [1.82, 2.24) is 4.90 Å². The molecule has 2 nitrogen and oxygen atoms in total. The van der Waals surface area contributed by atoms with E-state index in [1.807, 2.05) is 0 Å². The molecule has 0 spiro atoms. The first-order chi connectivity index (χ1) is 10.2. The molecule has 1 aromatic carbocycles. The standard InChI is InChI=1S/C19H27NO/c1-3-21-16-7-4-6-15-8-11-18-9-5-10-19(18,17(15)16)12-13-20(2)14-18/h4,6-7H,3,5,8-14H2,1-2H3. The molecule has 2 aliphatic carbocycles. The van der Waals surface area contributed by atoms with E-state index in [2.05, 4.69) is 37.1 Å². The number of benzene rings is 1. The Morgan fingerprint density at radius 2 is 2.10 bits per heavy atom. The van der Waals surface area contributed by atoms with Crippen LogP contribution in [0.5, 0.6) is 5.75 Å². The van der Waals surface area contributed by atoms with E-state index in [1.165, 1.54) is 57.4 Å². The van der Waals surface area contributed by atoms with E-state index in [0.29, 0.717) is 10.8 Å². The van der Waals surface area contributed by atoms with Crippen molar-refractivity contribution in [3.05, 3.63) is 29.3 Å². The van der Waals surface area contributed by atoms with Gasteiger partial charge in [-0.05, 0) is 69.7 Å². The number of piperidine rings is 1. The summed E-state index contributed by atoms with van der Waals surface area (Å²) < 4.78 is 6.07. The summed E-state index contributed by atoms with van der Waals surface area (Å²) in [5.74, 6) is 1.19. The molecule has 0 amide bonds. The molecule has 0 bridgehead atoms. The summed E-state index contributed by atoms with van der Waals surface area (Å²) in [6.07, 6.45) is 8.12. The highest BCUT2D eigenvalue weighted by Gasteiger charge is 2.60. The molecule has 2 unspecified atom stereocenters. The average Bonchev–Trinajstić information content (AvgIpc) is 2.87. The predicted molar refractivity (Wildman–Crippen MR) is 86.0 cm³/mol. The van der Waals surface area contributed by atoms with Gasteiger partial charge in [0.25, 0.3) is 0 Å². The Bertz CT molecular complexity index is 554. The van der Waals surface area contributed by atoms with Crippen molar-refractivity contribution in [2.24, 2.45) is 5.41 Å². The van der Waals surface area contributed by atoms with E-state index < -0.39 is 0 Å². The van der Waals surface area contributed by atoms with Crippen LogP contribution in [0.4, 0.5) is 0 Å². The van der Waals surface area contributed by atoms with Gasteiger partial charge < -0.3 is 9.64 Å². The van der Waals surface area contributed by atoms with Crippen molar-refractivity contribution < 1.29 is 4.74 Å². The summed E-state index contributed by atoms with van der Waals surface area (Å²) in [7, 11) is 2.31. The van der Waals surface area contributed by atoms with Crippen LogP contribution in [-0.2, 0) is 11.8 Å². The Balaban J connectivity index is 1.90. The molecule has 2 heteroatoms. The predicted octanol–water partition coefficient (Wildman–Crippen LogP) is 3.78. The summed E-state index contributed by atoms with van der Waals surface area (Å²) in [6.45, 7) is 5.41. The first-order valence-electron chi connectivity index (χ1n) is 8.64. The summed E-state index contributed by atoms with van der Waals surface area (Å²) in [6, 6.07) is 6.76. The molecule has 1 aromatic rings. The molecule has 1 aliphatic heterocycles. The van der Waals surface area contributed by atoms with E-state index in [-0.39, 0.29) is 0 Å². The molecule has 1 saturated carbocycles. The summed E-state index contributed by atoms with van der Waals surface area (Å²) in [4.78, 5) is 2.57. The van der Waals surface area contributed by atoms with E-state index in [0.717, 1.165) is 6.61 Å². The van der Waals surface area contributed by atoms with Crippen molar-refractivity contribution >= 4 is 0 Å². The fraction of sp³-hybridized carbons (Fsp3) is 0.684. The third-order valence-corrected chi connectivity index (χ3v) is 6.53. The van der Waals surface area contributed by atoms with Gasteiger partial charge in [0, 0.05) is 17.5 Å². The van der Waals surface area contributed by atoms with Gasteiger partial charge in [0.15, 0.2) is 0 Å². The normalized spacial score (nSPS) is 35.0. The zero-order chi connectivity index (χ0) is 14.5. The third kappa shape index (κ3) is 1.75. The highest BCUT2D eigenvalue weighted by atomic mass is 16.5. The topological polar surface area (TPSA) is 12.5 Å². The molecule has 21 heavy (non-hydrogen) atoms. The van der Waals surface area contributed by atoms with Crippen molar-refractivity contribution in [3.63, 3.8) is 0 Å². The molecule has 114 valence electrons. The van der Waals surface area contributed by atoms with Gasteiger partial charge in [-0.15, -0.1) is 0 Å². The molecule has 0 N–H and O–H groups in total. The third-order valence-electron chi connectivity index (χ3n) is 6.53. The largest absolute Gasteiger partial charge is 0.494 e. The fourth-order valence-corrected chi connectivity index (χ4v) is 5.77. The number of hydrogen-bond donors (Lipinski definition) is 0. The maximum atomic E-state index is 6.07. The summed E-state index contributed by atoms with van der Waals surface area (Å²) in [5.41, 5.74) is 4.09. The minimum Gasteiger partial charge on any atom is -0.494 e. The molecule has 2 atom stereocenters. The molecule has 1 saturated heterocycles. The first kappa shape index (κ1) is 13.6. The second-order valence-electron chi connectivity index (χ2n) is 7.43. The Kier molecular flexibility index (Phi) is 3.08. The number of nitrogens with zero attached hydrogens (tertiary/aromatic N) is 1. The number of hydrogen-bond acceptors (Lipinski definition) is 2. The number of aryl methyl sites for hydroxylation is 1. The Hall–Kier alpha value is -1.02. The number of likely N-dealkylation sites (tertiary alicyclic amines) is 1. The SMILES string of the molecule is CCOc1cccc2c1C13CCCC1(CC2)CN(C)CC3. The van der Waals surface area contributed by atoms with Gasteiger partial charge in [0.1, 0.15) is 5.75 Å². The number of fused-ring (bicyclic) bond motifs is 1. The fourth-order valence-electron chi connectivity index (χ4n) is 5.77. The maximum Gasteiger partial charge on any atom is 0.123 e. The Morgan fingerprint density at radius 1 is 1.19 bits per heavy atom. The maximum absolute atomic E-state index is 6.07. The van der Waals surface area contributed by atoms with Gasteiger partial charge in [0.2, 0.25) is 0 Å². The van der Waals surface area contributed by atoms with Crippen LogP contribution in [0.1, 0.15) is 50.2 Å². The number of rotatable bonds is 2. The first-order valence-corrected chi connectivity index (χ1v) is 8.64. The Labute approximate surface area is 128 Å². The van der Waals surface area contributed by atoms with Gasteiger partial charge in [-0.1, -0.05) is 18.6 Å². The lowest BCUT2D eigenvalue weighted by Crippen LogP contribution is -2.56. The average molecular weight is 285 g/mol. The van der Waals surface area contributed by atoms with Gasteiger partial charge in [0.05, 0.1) is 6.61 Å². The van der Waals surface area contributed by atoms with Gasteiger partial charge in [-0.2, -0.15) is 0 Å². The van der Waals surface area contributed by atoms with E-state index in [1.54, 1.807) is 11.1 Å². The molecule has 4 rings (SSSR count). The molecule has 0 aromatic heterocycles. The zero-order valence-electron chi connectivity index (χ0n) is 13.5.